The van der Waals surface area contributed by atoms with E-state index in [2.05, 4.69) is 53.3 Å². The number of fused-ring (bicyclic) bond motifs is 1. The minimum atomic E-state index is 0.0907. The molecular weight excluding hydrogens is 288 g/mol. The Bertz CT molecular complexity index is 672. The first-order chi connectivity index (χ1) is 11.2. The minimum absolute atomic E-state index is 0.0907. The minimum Gasteiger partial charge on any atom is -0.395 e. The van der Waals surface area contributed by atoms with Gasteiger partial charge in [-0.25, -0.2) is 9.97 Å². The Kier molecular flexibility index (Phi) is 4.76. The summed E-state index contributed by atoms with van der Waals surface area (Å²) in [4.78, 5) is 11.6. The normalized spacial score (nSPS) is 14.0. The van der Waals surface area contributed by atoms with Crippen molar-refractivity contribution in [2.75, 3.05) is 29.9 Å². The highest BCUT2D eigenvalue weighted by Gasteiger charge is 2.19. The van der Waals surface area contributed by atoms with Gasteiger partial charge in [0.2, 0.25) is 0 Å². The maximum Gasteiger partial charge on any atom is 0.135 e. The maximum absolute atomic E-state index is 9.02. The number of aromatic nitrogens is 2. The molecule has 0 saturated carbocycles. The monoisotopic (exact) mass is 312 g/mol. The molecule has 0 aliphatic carbocycles. The molecule has 3 rings (SSSR count). The highest BCUT2D eigenvalue weighted by Crippen LogP contribution is 2.26. The molecule has 0 fully saturated rings. The Labute approximate surface area is 137 Å². The zero-order valence-corrected chi connectivity index (χ0v) is 13.8. The molecule has 0 amide bonds. The highest BCUT2D eigenvalue weighted by molar-refractivity contribution is 5.51. The van der Waals surface area contributed by atoms with Crippen molar-refractivity contribution in [1.29, 1.82) is 0 Å². The number of anilines is 2. The van der Waals surface area contributed by atoms with Crippen LogP contribution in [0.3, 0.4) is 0 Å². The highest BCUT2D eigenvalue weighted by atomic mass is 16.3. The number of nitrogens with zero attached hydrogens (tertiary/aromatic N) is 3. The van der Waals surface area contributed by atoms with E-state index in [1.807, 2.05) is 6.07 Å². The van der Waals surface area contributed by atoms with E-state index in [1.54, 1.807) is 0 Å². The smallest absolute Gasteiger partial charge is 0.135 e. The van der Waals surface area contributed by atoms with Crippen LogP contribution in [0.1, 0.15) is 36.7 Å². The summed E-state index contributed by atoms with van der Waals surface area (Å²) in [5.41, 5.74) is 2.80. The lowest BCUT2D eigenvalue weighted by Gasteiger charge is -2.30. The molecule has 0 saturated heterocycles. The van der Waals surface area contributed by atoms with Crippen LogP contribution >= 0.6 is 0 Å². The van der Waals surface area contributed by atoms with Crippen molar-refractivity contribution in [2.24, 2.45) is 0 Å². The van der Waals surface area contributed by atoms with Gasteiger partial charge in [0.05, 0.1) is 6.61 Å². The van der Waals surface area contributed by atoms with Gasteiger partial charge in [-0.2, -0.15) is 0 Å². The third-order valence-electron chi connectivity index (χ3n) is 4.12. The Morgan fingerprint density at radius 2 is 2.00 bits per heavy atom. The van der Waals surface area contributed by atoms with Crippen LogP contribution in [0.2, 0.25) is 0 Å². The average Bonchev–Trinajstić information content (AvgIpc) is 2.59. The molecule has 0 unspecified atom stereocenters. The van der Waals surface area contributed by atoms with Crippen LogP contribution in [0.25, 0.3) is 0 Å². The molecular formula is C18H24N4O. The van der Waals surface area contributed by atoms with Crippen molar-refractivity contribution < 1.29 is 5.11 Å². The van der Waals surface area contributed by atoms with Gasteiger partial charge >= 0.3 is 0 Å². The van der Waals surface area contributed by atoms with Crippen LogP contribution in [0.15, 0.2) is 30.3 Å². The Balaban J connectivity index is 1.88. The summed E-state index contributed by atoms with van der Waals surface area (Å²) in [5.74, 6) is 2.84. The van der Waals surface area contributed by atoms with Crippen LogP contribution < -0.4 is 10.2 Å². The second-order valence-electron chi connectivity index (χ2n) is 6.21. The van der Waals surface area contributed by atoms with Gasteiger partial charge in [0.15, 0.2) is 0 Å². The third-order valence-corrected chi connectivity index (χ3v) is 4.12. The fourth-order valence-electron chi connectivity index (χ4n) is 2.84. The van der Waals surface area contributed by atoms with Crippen molar-refractivity contribution in [1.82, 2.24) is 9.97 Å². The summed E-state index contributed by atoms with van der Waals surface area (Å²) in [5, 5.41) is 12.2. The Hall–Kier alpha value is -2.14. The fraction of sp³-hybridized carbons (Fsp3) is 0.444. The van der Waals surface area contributed by atoms with Gasteiger partial charge in [-0.05, 0) is 17.5 Å². The number of aliphatic hydroxyl groups excluding tert-OH is 1. The van der Waals surface area contributed by atoms with E-state index in [-0.39, 0.29) is 12.5 Å². The van der Waals surface area contributed by atoms with Crippen LogP contribution in [0.5, 0.6) is 0 Å². The first kappa shape index (κ1) is 15.7. The van der Waals surface area contributed by atoms with E-state index in [0.29, 0.717) is 6.54 Å². The van der Waals surface area contributed by atoms with Crippen molar-refractivity contribution >= 4 is 11.6 Å². The quantitative estimate of drug-likeness (QED) is 0.888. The second kappa shape index (κ2) is 6.96. The lowest BCUT2D eigenvalue weighted by Crippen LogP contribution is -2.31. The van der Waals surface area contributed by atoms with Crippen LogP contribution in [-0.2, 0) is 13.0 Å². The van der Waals surface area contributed by atoms with E-state index in [9.17, 15) is 0 Å². The topological polar surface area (TPSA) is 61.3 Å². The molecule has 0 radical (unpaired) electrons. The van der Waals surface area contributed by atoms with Crippen LogP contribution in [-0.4, -0.2) is 34.8 Å². The van der Waals surface area contributed by atoms with Gasteiger partial charge in [0, 0.05) is 31.6 Å². The summed E-state index contributed by atoms with van der Waals surface area (Å²) in [7, 11) is 0. The standard InChI is InChI=1S/C18H24N4O/c1-13(2)18-20-16(19-8-10-23)11-17(21-18)22-9-7-14-5-3-4-6-15(14)12-22/h3-6,11,13,23H,7-10,12H2,1-2H3,(H,19,20,21). The van der Waals surface area contributed by atoms with Crippen molar-refractivity contribution in [3.05, 3.63) is 47.3 Å². The number of benzene rings is 1. The molecule has 1 aliphatic rings. The lowest BCUT2D eigenvalue weighted by molar-refractivity contribution is 0.311. The molecule has 0 bridgehead atoms. The van der Waals surface area contributed by atoms with Gasteiger partial charge in [-0.15, -0.1) is 0 Å². The summed E-state index contributed by atoms with van der Waals surface area (Å²) in [6, 6.07) is 10.6. The van der Waals surface area contributed by atoms with Crippen LogP contribution in [0.4, 0.5) is 11.6 Å². The first-order valence-electron chi connectivity index (χ1n) is 8.23. The van der Waals surface area contributed by atoms with Gasteiger partial charge in [0.1, 0.15) is 17.5 Å². The number of hydrogen-bond donors (Lipinski definition) is 2. The molecule has 2 N–H and O–H groups in total. The molecule has 122 valence electrons. The largest absolute Gasteiger partial charge is 0.395 e. The van der Waals surface area contributed by atoms with Gasteiger partial charge < -0.3 is 15.3 Å². The van der Waals surface area contributed by atoms with E-state index < -0.39 is 0 Å². The molecule has 1 aromatic heterocycles. The predicted octanol–water partition coefficient (Wildman–Crippen LogP) is 2.57. The number of rotatable bonds is 5. The number of aliphatic hydroxyl groups is 1. The Morgan fingerprint density at radius 3 is 2.74 bits per heavy atom. The zero-order valence-electron chi connectivity index (χ0n) is 13.8. The third kappa shape index (κ3) is 3.62. The van der Waals surface area contributed by atoms with Crippen molar-refractivity contribution in [2.45, 2.75) is 32.7 Å². The zero-order chi connectivity index (χ0) is 16.2. The molecule has 1 aromatic carbocycles. The number of nitrogens with one attached hydrogen (secondary N) is 1. The van der Waals surface area contributed by atoms with Gasteiger partial charge in [-0.1, -0.05) is 38.1 Å². The first-order valence-corrected chi connectivity index (χ1v) is 8.23. The fourth-order valence-corrected chi connectivity index (χ4v) is 2.84. The number of hydrogen-bond acceptors (Lipinski definition) is 5. The lowest BCUT2D eigenvalue weighted by atomic mass is 10.00. The average molecular weight is 312 g/mol. The van der Waals surface area contributed by atoms with E-state index in [0.717, 1.165) is 37.0 Å². The molecule has 23 heavy (non-hydrogen) atoms. The van der Waals surface area contributed by atoms with Crippen molar-refractivity contribution in [3.8, 4) is 0 Å². The molecule has 2 aromatic rings. The van der Waals surface area contributed by atoms with E-state index >= 15 is 0 Å². The van der Waals surface area contributed by atoms with E-state index in [1.165, 1.54) is 11.1 Å². The summed E-state index contributed by atoms with van der Waals surface area (Å²) in [6.07, 6.45) is 1.04. The van der Waals surface area contributed by atoms with Gasteiger partial charge in [-0.3, -0.25) is 0 Å². The molecule has 0 spiro atoms. The van der Waals surface area contributed by atoms with Crippen molar-refractivity contribution in [3.63, 3.8) is 0 Å². The van der Waals surface area contributed by atoms with Crippen LogP contribution in [0, 0.1) is 0 Å². The second-order valence-corrected chi connectivity index (χ2v) is 6.21. The summed E-state index contributed by atoms with van der Waals surface area (Å²) < 4.78 is 0. The van der Waals surface area contributed by atoms with Gasteiger partial charge in [0.25, 0.3) is 0 Å². The predicted molar refractivity (Wildman–Crippen MR) is 92.9 cm³/mol. The molecule has 0 atom stereocenters. The SMILES string of the molecule is CC(C)c1nc(NCCO)cc(N2CCc3ccccc3C2)n1. The maximum atomic E-state index is 9.02. The molecule has 2 heterocycles. The molecule has 5 heteroatoms. The molecule has 1 aliphatic heterocycles. The molecule has 5 nitrogen and oxygen atoms in total. The summed E-state index contributed by atoms with van der Waals surface area (Å²) >= 11 is 0. The summed E-state index contributed by atoms with van der Waals surface area (Å²) in [6.45, 7) is 6.63. The van der Waals surface area contributed by atoms with E-state index in [4.69, 9.17) is 10.1 Å². The Morgan fingerprint density at radius 1 is 1.22 bits per heavy atom.